The lowest BCUT2D eigenvalue weighted by Crippen LogP contribution is -2.13. The molecule has 5 nitrogen and oxygen atoms in total. The van der Waals surface area contributed by atoms with Gasteiger partial charge in [0, 0.05) is 22.2 Å². The van der Waals surface area contributed by atoms with Crippen LogP contribution in [0.4, 0.5) is 5.69 Å². The van der Waals surface area contributed by atoms with Crippen molar-refractivity contribution in [2.75, 3.05) is 0 Å². The molecule has 140 valence electrons. The molecule has 0 bridgehead atoms. The lowest BCUT2D eigenvalue weighted by molar-refractivity contribution is 0.556. The van der Waals surface area contributed by atoms with Crippen molar-refractivity contribution in [3.63, 3.8) is 0 Å². The number of thiazole rings is 1. The highest BCUT2D eigenvalue weighted by atomic mass is 35.5. The first kappa shape index (κ1) is 18.7. The summed E-state index contributed by atoms with van der Waals surface area (Å²) in [4.78, 5) is 9.48. The van der Waals surface area contributed by atoms with Crippen molar-refractivity contribution in [1.29, 1.82) is 0 Å². The van der Waals surface area contributed by atoms with Gasteiger partial charge in [-0.05, 0) is 49.4 Å². The monoisotopic (exact) mass is 428 g/mol. The maximum absolute atomic E-state index is 6.44. The zero-order valence-electron chi connectivity index (χ0n) is 14.7. The second kappa shape index (κ2) is 8.14. The molecule has 0 N–H and O–H groups in total. The average Bonchev–Trinajstić information content (AvgIpc) is 3.34. The molecule has 0 radical (unpaired) electrons. The van der Waals surface area contributed by atoms with E-state index in [4.69, 9.17) is 32.7 Å². The van der Waals surface area contributed by atoms with E-state index in [1.807, 2.05) is 42.6 Å². The molecule has 4 rings (SSSR count). The summed E-state index contributed by atoms with van der Waals surface area (Å²) in [5.74, 6) is 0.680. The topological polar surface area (TPSA) is 55.7 Å². The van der Waals surface area contributed by atoms with E-state index < -0.39 is 0 Å². The summed E-state index contributed by atoms with van der Waals surface area (Å²) < 4.78 is 7.22. The summed E-state index contributed by atoms with van der Waals surface area (Å²) in [5.41, 5.74) is 3.06. The zero-order valence-corrected chi connectivity index (χ0v) is 17.0. The Balaban J connectivity index is 1.92. The molecule has 0 fully saturated rings. The number of hydrogen-bond acceptors (Lipinski definition) is 5. The van der Waals surface area contributed by atoms with Crippen LogP contribution in [0.1, 0.15) is 12.7 Å². The number of rotatable bonds is 4. The minimum absolute atomic E-state index is 0.540. The van der Waals surface area contributed by atoms with Crippen molar-refractivity contribution in [1.82, 2.24) is 9.66 Å². The summed E-state index contributed by atoms with van der Waals surface area (Å²) in [7, 11) is 0. The molecular formula is C20H14Cl2N4OS. The van der Waals surface area contributed by atoms with Crippen LogP contribution in [-0.2, 0) is 0 Å². The molecule has 0 aliphatic heterocycles. The fourth-order valence-corrected chi connectivity index (χ4v) is 3.92. The smallest absolute Gasteiger partial charge is 0.211 e. The van der Waals surface area contributed by atoms with Crippen molar-refractivity contribution in [2.45, 2.75) is 6.92 Å². The molecule has 1 aromatic carbocycles. The van der Waals surface area contributed by atoms with Gasteiger partial charge in [-0.15, -0.1) is 11.3 Å². The normalized spacial score (nSPS) is 12.5. The maximum Gasteiger partial charge on any atom is 0.211 e. The van der Waals surface area contributed by atoms with Gasteiger partial charge in [0.25, 0.3) is 0 Å². The van der Waals surface area contributed by atoms with Crippen LogP contribution < -0.4 is 4.80 Å². The van der Waals surface area contributed by atoms with Crippen LogP contribution >= 0.6 is 34.5 Å². The van der Waals surface area contributed by atoms with E-state index in [-0.39, 0.29) is 0 Å². The summed E-state index contributed by atoms with van der Waals surface area (Å²) in [5, 5.41) is 7.82. The first-order valence-electron chi connectivity index (χ1n) is 8.32. The Kier molecular flexibility index (Phi) is 5.43. The highest BCUT2D eigenvalue weighted by Crippen LogP contribution is 2.31. The van der Waals surface area contributed by atoms with Gasteiger partial charge >= 0.3 is 0 Å². The van der Waals surface area contributed by atoms with E-state index in [0.29, 0.717) is 26.3 Å². The van der Waals surface area contributed by atoms with E-state index in [1.165, 1.54) is 11.3 Å². The molecule has 0 saturated heterocycles. The zero-order chi connectivity index (χ0) is 19.5. The van der Waals surface area contributed by atoms with E-state index in [9.17, 15) is 0 Å². The Labute approximate surface area is 175 Å². The van der Waals surface area contributed by atoms with Crippen LogP contribution in [0.5, 0.6) is 0 Å². The van der Waals surface area contributed by atoms with E-state index in [2.05, 4.69) is 9.98 Å². The standard InChI is InChI=1S/C20H14Cl2N4OS/c1-13(19-5-3-9-27-19)25-26-18(16-7-6-14(21)10-17(16)22)12-28-20(26)24-15-4-2-8-23-11-15/h2-12H,1H3. The third-order valence-corrected chi connectivity index (χ3v) is 5.25. The van der Waals surface area contributed by atoms with Gasteiger partial charge in [0.15, 0.2) is 0 Å². The number of hydrogen-bond donors (Lipinski definition) is 0. The first-order valence-corrected chi connectivity index (χ1v) is 9.95. The number of benzene rings is 1. The molecule has 3 aromatic heterocycles. The Bertz CT molecular complexity index is 1190. The SMILES string of the molecule is CC(=Nn1c(-c2ccc(Cl)cc2Cl)csc1=Nc1cccnc1)c1ccco1. The Morgan fingerprint density at radius 3 is 2.79 bits per heavy atom. The average molecular weight is 429 g/mol. The van der Waals surface area contributed by atoms with Gasteiger partial charge < -0.3 is 4.42 Å². The molecule has 0 saturated carbocycles. The maximum atomic E-state index is 6.44. The van der Waals surface area contributed by atoms with Crippen LogP contribution in [0.15, 0.2) is 81.0 Å². The van der Waals surface area contributed by atoms with E-state index >= 15 is 0 Å². The van der Waals surface area contributed by atoms with Crippen molar-refractivity contribution >= 4 is 45.9 Å². The predicted molar refractivity (Wildman–Crippen MR) is 114 cm³/mol. The van der Waals surface area contributed by atoms with Crippen molar-refractivity contribution < 1.29 is 4.42 Å². The molecule has 3 heterocycles. The van der Waals surface area contributed by atoms with E-state index in [0.717, 1.165) is 16.9 Å². The van der Waals surface area contributed by atoms with Crippen LogP contribution in [0.2, 0.25) is 10.0 Å². The Morgan fingerprint density at radius 1 is 1.18 bits per heavy atom. The fourth-order valence-electron chi connectivity index (χ4n) is 2.57. The number of pyridine rings is 1. The molecule has 4 aromatic rings. The lowest BCUT2D eigenvalue weighted by Gasteiger charge is -2.07. The molecular weight excluding hydrogens is 415 g/mol. The summed E-state index contributed by atoms with van der Waals surface area (Å²) in [6, 6.07) is 12.8. The lowest BCUT2D eigenvalue weighted by atomic mass is 10.2. The van der Waals surface area contributed by atoms with Gasteiger partial charge in [-0.2, -0.15) is 5.10 Å². The van der Waals surface area contributed by atoms with Gasteiger partial charge in [0.1, 0.15) is 11.5 Å². The minimum atomic E-state index is 0.540. The van der Waals surface area contributed by atoms with Crippen LogP contribution in [0.25, 0.3) is 11.3 Å². The molecule has 8 heteroatoms. The highest BCUT2D eigenvalue weighted by Gasteiger charge is 2.13. The fraction of sp³-hybridized carbons (Fsp3) is 0.0500. The Morgan fingerprint density at radius 2 is 2.07 bits per heavy atom. The van der Waals surface area contributed by atoms with Gasteiger partial charge in [-0.3, -0.25) is 4.98 Å². The molecule has 28 heavy (non-hydrogen) atoms. The van der Waals surface area contributed by atoms with Gasteiger partial charge in [-0.25, -0.2) is 9.67 Å². The number of halogens is 2. The number of aromatic nitrogens is 2. The molecule has 0 amide bonds. The second-order valence-electron chi connectivity index (χ2n) is 5.83. The molecule has 0 aliphatic rings. The third-order valence-electron chi connectivity index (χ3n) is 3.89. The molecule has 0 aliphatic carbocycles. The van der Waals surface area contributed by atoms with Crippen LogP contribution in [-0.4, -0.2) is 15.4 Å². The van der Waals surface area contributed by atoms with E-state index in [1.54, 1.807) is 35.5 Å². The quantitative estimate of drug-likeness (QED) is 0.373. The first-order chi connectivity index (χ1) is 13.6. The second-order valence-corrected chi connectivity index (χ2v) is 7.51. The third kappa shape index (κ3) is 3.94. The molecule has 0 unspecified atom stereocenters. The predicted octanol–water partition coefficient (Wildman–Crippen LogP) is 6.02. The number of nitrogens with zero attached hydrogens (tertiary/aromatic N) is 4. The highest BCUT2D eigenvalue weighted by molar-refractivity contribution is 7.07. The van der Waals surface area contributed by atoms with Crippen molar-refractivity contribution in [2.24, 2.45) is 10.1 Å². The van der Waals surface area contributed by atoms with Crippen LogP contribution in [0, 0.1) is 0 Å². The molecule has 0 spiro atoms. The largest absolute Gasteiger partial charge is 0.463 e. The summed E-state index contributed by atoms with van der Waals surface area (Å²) in [6.45, 7) is 1.88. The van der Waals surface area contributed by atoms with Gasteiger partial charge in [0.05, 0.1) is 28.9 Å². The summed E-state index contributed by atoms with van der Waals surface area (Å²) in [6.07, 6.45) is 5.02. The minimum Gasteiger partial charge on any atom is -0.463 e. The Hall–Kier alpha value is -2.67. The molecule has 0 atom stereocenters. The number of furan rings is 1. The van der Waals surface area contributed by atoms with Crippen LogP contribution in [0.3, 0.4) is 0 Å². The van der Waals surface area contributed by atoms with Crippen molar-refractivity contribution in [3.8, 4) is 11.3 Å². The van der Waals surface area contributed by atoms with Gasteiger partial charge in [-0.1, -0.05) is 23.2 Å². The van der Waals surface area contributed by atoms with Crippen molar-refractivity contribution in [3.05, 3.63) is 87.1 Å². The van der Waals surface area contributed by atoms with Gasteiger partial charge in [0.2, 0.25) is 4.80 Å². The summed E-state index contributed by atoms with van der Waals surface area (Å²) >= 11 is 14.0.